The van der Waals surface area contributed by atoms with Crippen LogP contribution in [0.25, 0.3) is 22.0 Å². The molecule has 0 saturated carbocycles. The summed E-state index contributed by atoms with van der Waals surface area (Å²) >= 11 is 0. The Morgan fingerprint density at radius 3 is 2.62 bits per heavy atom. The molecular formula is C23H28N2O. The van der Waals surface area contributed by atoms with Gasteiger partial charge >= 0.3 is 0 Å². The third-order valence-electron chi connectivity index (χ3n) is 5.38. The van der Waals surface area contributed by atoms with Crippen LogP contribution in [0.2, 0.25) is 0 Å². The lowest BCUT2D eigenvalue weighted by atomic mass is 9.85. The summed E-state index contributed by atoms with van der Waals surface area (Å²) in [5, 5.41) is 11.0. The van der Waals surface area contributed by atoms with Crippen molar-refractivity contribution in [2.45, 2.75) is 45.3 Å². The molecule has 1 fully saturated rings. The number of aliphatic hydroxyl groups excluding tert-OH is 1. The van der Waals surface area contributed by atoms with Gasteiger partial charge in [-0.2, -0.15) is 0 Å². The Balaban J connectivity index is 1.62. The van der Waals surface area contributed by atoms with Crippen molar-refractivity contribution in [3.05, 3.63) is 59.8 Å². The average molecular weight is 348 g/mol. The summed E-state index contributed by atoms with van der Waals surface area (Å²) in [7, 11) is 0. The van der Waals surface area contributed by atoms with E-state index >= 15 is 0 Å². The second-order valence-corrected chi connectivity index (χ2v) is 8.61. The Bertz CT molecular complexity index is 919. The van der Waals surface area contributed by atoms with Gasteiger partial charge in [0.05, 0.1) is 6.10 Å². The zero-order valence-electron chi connectivity index (χ0n) is 15.9. The number of fused-ring (bicyclic) bond motifs is 1. The fourth-order valence-electron chi connectivity index (χ4n) is 3.82. The van der Waals surface area contributed by atoms with Crippen LogP contribution >= 0.6 is 0 Å². The lowest BCUT2D eigenvalue weighted by Gasteiger charge is -2.19. The Morgan fingerprint density at radius 2 is 1.88 bits per heavy atom. The number of likely N-dealkylation sites (tertiary alicyclic amines) is 1. The van der Waals surface area contributed by atoms with Gasteiger partial charge in [-0.1, -0.05) is 51.1 Å². The molecule has 0 radical (unpaired) electrons. The minimum Gasteiger partial charge on any atom is -0.392 e. The van der Waals surface area contributed by atoms with Crippen LogP contribution < -0.4 is 0 Å². The Morgan fingerprint density at radius 1 is 1.08 bits per heavy atom. The van der Waals surface area contributed by atoms with E-state index in [2.05, 4.69) is 79.2 Å². The molecule has 136 valence electrons. The highest BCUT2D eigenvalue weighted by atomic mass is 16.3. The fraction of sp³-hybridized carbons (Fsp3) is 0.391. The summed E-state index contributed by atoms with van der Waals surface area (Å²) in [5.41, 5.74) is 6.43. The number of benzene rings is 2. The van der Waals surface area contributed by atoms with Gasteiger partial charge in [0, 0.05) is 36.2 Å². The van der Waals surface area contributed by atoms with Crippen molar-refractivity contribution in [2.24, 2.45) is 0 Å². The van der Waals surface area contributed by atoms with E-state index in [-0.39, 0.29) is 11.5 Å². The molecule has 1 aromatic heterocycles. The maximum atomic E-state index is 9.71. The lowest BCUT2D eigenvalue weighted by molar-refractivity contribution is 0.174. The second kappa shape index (κ2) is 6.57. The number of aliphatic hydroxyl groups is 1. The first-order valence-corrected chi connectivity index (χ1v) is 9.51. The van der Waals surface area contributed by atoms with Crippen molar-refractivity contribution in [3.63, 3.8) is 0 Å². The third-order valence-corrected chi connectivity index (χ3v) is 5.38. The Hall–Kier alpha value is -2.10. The minimum absolute atomic E-state index is 0.154. The van der Waals surface area contributed by atoms with Gasteiger partial charge in [0.15, 0.2) is 0 Å². The van der Waals surface area contributed by atoms with Gasteiger partial charge in [-0.3, -0.25) is 4.90 Å². The summed E-state index contributed by atoms with van der Waals surface area (Å²) < 4.78 is 0. The van der Waals surface area contributed by atoms with E-state index in [1.54, 1.807) is 0 Å². The van der Waals surface area contributed by atoms with E-state index in [1.807, 2.05) is 0 Å². The van der Waals surface area contributed by atoms with Crippen molar-refractivity contribution in [3.8, 4) is 11.1 Å². The van der Waals surface area contributed by atoms with E-state index in [4.69, 9.17) is 0 Å². The predicted octanol–water partition coefficient (Wildman–Crippen LogP) is 4.70. The first-order chi connectivity index (χ1) is 12.4. The van der Waals surface area contributed by atoms with Crippen LogP contribution in [0.3, 0.4) is 0 Å². The summed E-state index contributed by atoms with van der Waals surface area (Å²) in [5.74, 6) is 0. The second-order valence-electron chi connectivity index (χ2n) is 8.61. The molecule has 2 N–H and O–H groups in total. The maximum Gasteiger partial charge on any atom is 0.0679 e. The molecule has 1 aliphatic rings. The first-order valence-electron chi connectivity index (χ1n) is 9.51. The average Bonchev–Trinajstić information content (AvgIpc) is 3.19. The van der Waals surface area contributed by atoms with Gasteiger partial charge in [0.1, 0.15) is 0 Å². The fourth-order valence-corrected chi connectivity index (χ4v) is 3.82. The van der Waals surface area contributed by atoms with Gasteiger partial charge in [-0.25, -0.2) is 0 Å². The smallest absolute Gasteiger partial charge is 0.0679 e. The molecule has 1 saturated heterocycles. The number of β-amino-alcohol motifs (C(OH)–C–C–N with tert-alkyl or cyclic N) is 1. The van der Waals surface area contributed by atoms with Crippen LogP contribution in [-0.4, -0.2) is 34.2 Å². The first kappa shape index (κ1) is 17.3. The lowest BCUT2D eigenvalue weighted by Crippen LogP contribution is -2.21. The highest BCUT2D eigenvalue weighted by Crippen LogP contribution is 2.30. The van der Waals surface area contributed by atoms with Crippen LogP contribution in [0.5, 0.6) is 0 Å². The van der Waals surface area contributed by atoms with Crippen molar-refractivity contribution in [2.75, 3.05) is 13.1 Å². The number of hydrogen-bond donors (Lipinski definition) is 2. The van der Waals surface area contributed by atoms with Gasteiger partial charge in [-0.05, 0) is 46.7 Å². The van der Waals surface area contributed by atoms with Gasteiger partial charge in [0.25, 0.3) is 0 Å². The number of nitrogens with zero attached hydrogens (tertiary/aromatic N) is 1. The highest BCUT2D eigenvalue weighted by Gasteiger charge is 2.20. The largest absolute Gasteiger partial charge is 0.392 e. The zero-order valence-corrected chi connectivity index (χ0v) is 15.9. The number of nitrogens with one attached hydrogen (secondary N) is 1. The van der Waals surface area contributed by atoms with E-state index < -0.39 is 0 Å². The number of aromatic amines is 1. The SMILES string of the molecule is CC(C)(C)c1cccc(-c2ccc3[nH]c(CN4CC[C@H](O)C4)cc3c2)c1. The molecule has 2 aromatic carbocycles. The molecule has 0 amide bonds. The number of hydrogen-bond acceptors (Lipinski definition) is 2. The monoisotopic (exact) mass is 348 g/mol. The van der Waals surface area contributed by atoms with Crippen LogP contribution in [0.15, 0.2) is 48.5 Å². The molecule has 3 nitrogen and oxygen atoms in total. The van der Waals surface area contributed by atoms with Gasteiger partial charge < -0.3 is 10.1 Å². The minimum atomic E-state index is -0.166. The number of aromatic nitrogens is 1. The van der Waals surface area contributed by atoms with Crippen LogP contribution in [0.4, 0.5) is 0 Å². The van der Waals surface area contributed by atoms with Crippen LogP contribution in [0, 0.1) is 0 Å². The standard InChI is InChI=1S/C23H28N2O/c1-23(2,3)19-6-4-5-16(12-19)17-7-8-22-18(11-17)13-20(24-22)14-25-10-9-21(26)15-25/h4-8,11-13,21,24,26H,9-10,14-15H2,1-3H3/t21-/m0/s1. The molecule has 0 spiro atoms. The summed E-state index contributed by atoms with van der Waals surface area (Å²) in [6.45, 7) is 9.39. The molecule has 0 bridgehead atoms. The molecule has 2 heterocycles. The molecule has 0 aliphatic carbocycles. The third kappa shape index (κ3) is 3.55. The molecule has 26 heavy (non-hydrogen) atoms. The summed E-state index contributed by atoms with van der Waals surface area (Å²) in [6.07, 6.45) is 0.718. The van der Waals surface area contributed by atoms with Crippen molar-refractivity contribution in [1.29, 1.82) is 0 Å². The topological polar surface area (TPSA) is 39.3 Å². The van der Waals surface area contributed by atoms with Crippen LogP contribution in [0.1, 0.15) is 38.4 Å². The summed E-state index contributed by atoms with van der Waals surface area (Å²) in [4.78, 5) is 5.84. The number of rotatable bonds is 3. The molecule has 4 rings (SSSR count). The molecule has 0 unspecified atom stereocenters. The molecular weight excluding hydrogens is 320 g/mol. The van der Waals surface area contributed by atoms with Crippen molar-refractivity contribution in [1.82, 2.24) is 9.88 Å². The van der Waals surface area contributed by atoms with Crippen molar-refractivity contribution < 1.29 is 5.11 Å². The highest BCUT2D eigenvalue weighted by molar-refractivity contribution is 5.86. The molecule has 1 atom stereocenters. The van der Waals surface area contributed by atoms with Gasteiger partial charge in [-0.15, -0.1) is 0 Å². The molecule has 3 aromatic rings. The quantitative estimate of drug-likeness (QED) is 0.720. The summed E-state index contributed by atoms with van der Waals surface area (Å²) in [6, 6.07) is 17.8. The van der Waals surface area contributed by atoms with E-state index in [0.29, 0.717) is 0 Å². The Labute approximate surface area is 155 Å². The van der Waals surface area contributed by atoms with E-state index in [9.17, 15) is 5.11 Å². The predicted molar refractivity (Wildman–Crippen MR) is 108 cm³/mol. The Kier molecular flexibility index (Phi) is 4.37. The van der Waals surface area contributed by atoms with Gasteiger partial charge in [0.2, 0.25) is 0 Å². The van der Waals surface area contributed by atoms with Crippen LogP contribution in [-0.2, 0) is 12.0 Å². The molecule has 3 heteroatoms. The molecule has 1 aliphatic heterocycles. The van der Waals surface area contributed by atoms with Crippen molar-refractivity contribution >= 4 is 10.9 Å². The van der Waals surface area contributed by atoms with E-state index in [0.717, 1.165) is 26.1 Å². The maximum absolute atomic E-state index is 9.71. The normalized spacial score (nSPS) is 18.7. The zero-order chi connectivity index (χ0) is 18.3. The van der Waals surface area contributed by atoms with E-state index in [1.165, 1.54) is 33.3 Å². The number of H-pyrrole nitrogens is 1.